The van der Waals surface area contributed by atoms with Crippen molar-refractivity contribution in [3.05, 3.63) is 30.5 Å². The number of rotatable bonds is 4. The van der Waals surface area contributed by atoms with Crippen molar-refractivity contribution in [2.24, 2.45) is 5.92 Å². The Morgan fingerprint density at radius 1 is 1.48 bits per heavy atom. The second kappa shape index (κ2) is 5.97. The molecule has 1 fully saturated rings. The first-order valence-electron chi connectivity index (χ1n) is 6.81. The lowest BCUT2D eigenvalue weighted by molar-refractivity contribution is 0.166. The Balaban J connectivity index is 1.80. The van der Waals surface area contributed by atoms with Crippen LogP contribution >= 0.6 is 0 Å². The third-order valence-electron chi connectivity index (χ3n) is 3.46. The highest BCUT2D eigenvalue weighted by molar-refractivity contribution is 5.92. The van der Waals surface area contributed by atoms with E-state index in [1.807, 2.05) is 12.1 Å². The zero-order chi connectivity index (χ0) is 14.7. The normalized spacial score (nSPS) is 17.8. The molecule has 1 amide bonds. The first-order valence-corrected chi connectivity index (χ1v) is 6.81. The molecule has 6 heteroatoms. The third kappa shape index (κ3) is 3.22. The Morgan fingerprint density at radius 3 is 3.14 bits per heavy atom. The summed E-state index contributed by atoms with van der Waals surface area (Å²) in [6.07, 6.45) is 1.59. The van der Waals surface area contributed by atoms with Crippen LogP contribution in [0.3, 0.4) is 0 Å². The average molecular weight is 288 g/mol. The van der Waals surface area contributed by atoms with Crippen molar-refractivity contribution in [3.63, 3.8) is 0 Å². The molecule has 0 spiro atoms. The second-order valence-corrected chi connectivity index (χ2v) is 5.02. The van der Waals surface area contributed by atoms with Crippen LogP contribution < -0.4 is 10.1 Å². The molecule has 6 nitrogen and oxygen atoms in total. The number of hydrogen-bond acceptors (Lipinski definition) is 4. The van der Waals surface area contributed by atoms with E-state index in [1.165, 1.54) is 0 Å². The van der Waals surface area contributed by atoms with Crippen molar-refractivity contribution in [2.75, 3.05) is 25.1 Å². The summed E-state index contributed by atoms with van der Waals surface area (Å²) in [4.78, 5) is 14.9. The van der Waals surface area contributed by atoms with E-state index in [4.69, 9.17) is 14.6 Å². The van der Waals surface area contributed by atoms with E-state index in [-0.39, 0.29) is 0 Å². The molecule has 0 radical (unpaired) electrons. The maximum atomic E-state index is 10.7. The van der Waals surface area contributed by atoms with E-state index in [2.05, 4.69) is 10.3 Å². The lowest BCUT2D eigenvalue weighted by Gasteiger charge is -2.12. The van der Waals surface area contributed by atoms with E-state index in [1.54, 1.807) is 18.3 Å². The summed E-state index contributed by atoms with van der Waals surface area (Å²) < 4.78 is 11.1. The van der Waals surface area contributed by atoms with Crippen LogP contribution in [0.15, 0.2) is 30.5 Å². The Kier molecular flexibility index (Phi) is 3.87. The molecule has 3 rings (SSSR count). The number of carbonyl (C=O) groups is 1. The van der Waals surface area contributed by atoms with E-state index in [9.17, 15) is 4.79 Å². The molecule has 0 unspecified atom stereocenters. The molecule has 0 saturated carbocycles. The zero-order valence-electron chi connectivity index (χ0n) is 11.4. The topological polar surface area (TPSA) is 80.7 Å². The molecule has 0 aliphatic carbocycles. The van der Waals surface area contributed by atoms with E-state index in [0.29, 0.717) is 24.1 Å². The van der Waals surface area contributed by atoms with Crippen LogP contribution in [-0.2, 0) is 4.74 Å². The summed E-state index contributed by atoms with van der Waals surface area (Å²) in [5.41, 5.74) is 0.524. The summed E-state index contributed by atoms with van der Waals surface area (Å²) in [5, 5.41) is 12.8. The standard InChI is InChI=1S/C15H16N2O4/c18-15(19)17-12-1-2-13-11(7-12)3-5-16-14(13)21-9-10-4-6-20-8-10/h1-3,5,7,10,17H,4,6,8-9H2,(H,18,19)/t10-/m0/s1. The minimum atomic E-state index is -1.08. The molecule has 0 bridgehead atoms. The Bertz CT molecular complexity index is 653. The Hall–Kier alpha value is -2.34. The fourth-order valence-electron chi connectivity index (χ4n) is 2.38. The van der Waals surface area contributed by atoms with Crippen molar-refractivity contribution in [3.8, 4) is 5.88 Å². The molecule has 110 valence electrons. The molecule has 1 aromatic heterocycles. The number of ether oxygens (including phenoxy) is 2. The molecule has 1 saturated heterocycles. The fraction of sp³-hybridized carbons (Fsp3) is 0.333. The predicted molar refractivity (Wildman–Crippen MR) is 77.8 cm³/mol. The first kappa shape index (κ1) is 13.6. The molecular formula is C15H16N2O4. The maximum absolute atomic E-state index is 10.7. The lowest BCUT2D eigenvalue weighted by atomic mass is 10.1. The van der Waals surface area contributed by atoms with Crippen LogP contribution in [0.1, 0.15) is 6.42 Å². The lowest BCUT2D eigenvalue weighted by Crippen LogP contribution is -2.12. The minimum absolute atomic E-state index is 0.412. The van der Waals surface area contributed by atoms with Gasteiger partial charge in [0, 0.05) is 29.8 Å². The molecule has 2 heterocycles. The van der Waals surface area contributed by atoms with Crippen molar-refractivity contribution < 1.29 is 19.4 Å². The fourth-order valence-corrected chi connectivity index (χ4v) is 2.38. The van der Waals surface area contributed by atoms with Gasteiger partial charge < -0.3 is 14.6 Å². The molecule has 2 N–H and O–H groups in total. The van der Waals surface area contributed by atoms with Crippen molar-refractivity contribution in [1.82, 2.24) is 4.98 Å². The molecule has 21 heavy (non-hydrogen) atoms. The van der Waals surface area contributed by atoms with Gasteiger partial charge >= 0.3 is 6.09 Å². The summed E-state index contributed by atoms with van der Waals surface area (Å²) in [6.45, 7) is 2.11. The number of benzene rings is 1. The largest absolute Gasteiger partial charge is 0.477 e. The van der Waals surface area contributed by atoms with E-state index >= 15 is 0 Å². The molecule has 1 aliphatic rings. The number of pyridine rings is 1. The zero-order valence-corrected chi connectivity index (χ0v) is 11.4. The van der Waals surface area contributed by atoms with Gasteiger partial charge in [-0.15, -0.1) is 0 Å². The van der Waals surface area contributed by atoms with Crippen LogP contribution in [0.5, 0.6) is 5.88 Å². The van der Waals surface area contributed by atoms with Crippen molar-refractivity contribution in [1.29, 1.82) is 0 Å². The predicted octanol–water partition coefficient (Wildman–Crippen LogP) is 2.74. The van der Waals surface area contributed by atoms with Gasteiger partial charge in [-0.1, -0.05) is 0 Å². The number of nitrogens with zero attached hydrogens (tertiary/aromatic N) is 1. The molecule has 2 aromatic rings. The Labute approximate surface area is 121 Å². The van der Waals surface area contributed by atoms with Crippen LogP contribution in [0.4, 0.5) is 10.5 Å². The second-order valence-electron chi connectivity index (χ2n) is 5.02. The van der Waals surface area contributed by atoms with Gasteiger partial charge in [-0.2, -0.15) is 0 Å². The molecular weight excluding hydrogens is 272 g/mol. The SMILES string of the molecule is O=C(O)Nc1ccc2c(OC[C@H]3CCOC3)nccc2c1. The third-order valence-corrected chi connectivity index (χ3v) is 3.46. The van der Waals surface area contributed by atoms with Gasteiger partial charge in [-0.05, 0) is 36.1 Å². The van der Waals surface area contributed by atoms with E-state index in [0.717, 1.165) is 30.4 Å². The summed E-state index contributed by atoms with van der Waals surface area (Å²) in [6, 6.07) is 7.10. The van der Waals surface area contributed by atoms with Gasteiger partial charge in [0.25, 0.3) is 0 Å². The number of hydrogen-bond donors (Lipinski definition) is 2. The van der Waals surface area contributed by atoms with Crippen LogP contribution in [0.25, 0.3) is 10.8 Å². The Morgan fingerprint density at radius 2 is 2.38 bits per heavy atom. The summed E-state index contributed by atoms with van der Waals surface area (Å²) in [5.74, 6) is 0.983. The molecule has 1 aliphatic heterocycles. The number of carboxylic acid groups (broad SMARTS) is 1. The average Bonchev–Trinajstić information content (AvgIpc) is 2.97. The van der Waals surface area contributed by atoms with Gasteiger partial charge in [-0.3, -0.25) is 5.32 Å². The van der Waals surface area contributed by atoms with Gasteiger partial charge in [0.15, 0.2) is 0 Å². The van der Waals surface area contributed by atoms with Crippen molar-refractivity contribution in [2.45, 2.75) is 6.42 Å². The minimum Gasteiger partial charge on any atom is -0.477 e. The number of anilines is 1. The van der Waals surface area contributed by atoms with E-state index < -0.39 is 6.09 Å². The first-order chi connectivity index (χ1) is 10.2. The van der Waals surface area contributed by atoms with Crippen LogP contribution in [0, 0.1) is 5.92 Å². The highest BCUT2D eigenvalue weighted by Crippen LogP contribution is 2.26. The number of amides is 1. The molecule has 1 aromatic carbocycles. The number of aromatic nitrogens is 1. The monoisotopic (exact) mass is 288 g/mol. The van der Waals surface area contributed by atoms with Crippen LogP contribution in [0.2, 0.25) is 0 Å². The van der Waals surface area contributed by atoms with Gasteiger partial charge in [0.1, 0.15) is 0 Å². The van der Waals surface area contributed by atoms with Crippen molar-refractivity contribution >= 4 is 22.6 Å². The number of nitrogens with one attached hydrogen (secondary N) is 1. The summed E-state index contributed by atoms with van der Waals surface area (Å²) in [7, 11) is 0. The highest BCUT2D eigenvalue weighted by Gasteiger charge is 2.17. The number of fused-ring (bicyclic) bond motifs is 1. The van der Waals surface area contributed by atoms with Gasteiger partial charge in [0.05, 0.1) is 13.2 Å². The summed E-state index contributed by atoms with van der Waals surface area (Å²) >= 11 is 0. The van der Waals surface area contributed by atoms with Gasteiger partial charge in [0.2, 0.25) is 5.88 Å². The van der Waals surface area contributed by atoms with Crippen LogP contribution in [-0.4, -0.2) is 36.0 Å². The van der Waals surface area contributed by atoms with Gasteiger partial charge in [-0.25, -0.2) is 9.78 Å². The molecule has 1 atom stereocenters. The smallest absolute Gasteiger partial charge is 0.409 e. The highest BCUT2D eigenvalue weighted by atomic mass is 16.5. The quantitative estimate of drug-likeness (QED) is 0.904. The maximum Gasteiger partial charge on any atom is 0.409 e.